The number of sulfone groups is 1. The van der Waals surface area contributed by atoms with Crippen molar-refractivity contribution in [2.24, 2.45) is 0 Å². The molecule has 0 bridgehead atoms. The summed E-state index contributed by atoms with van der Waals surface area (Å²) in [6.45, 7) is 3.37. The molecule has 3 nitrogen and oxygen atoms in total. The Morgan fingerprint density at radius 3 is 2.56 bits per heavy atom. The highest BCUT2D eigenvalue weighted by Crippen LogP contribution is 2.15. The summed E-state index contributed by atoms with van der Waals surface area (Å²) in [5.74, 6) is 1.55. The molecule has 1 N–H and O–H groups in total. The van der Waals surface area contributed by atoms with Crippen molar-refractivity contribution < 1.29 is 8.42 Å². The molecule has 0 unspecified atom stereocenters. The van der Waals surface area contributed by atoms with E-state index < -0.39 is 9.84 Å². The van der Waals surface area contributed by atoms with Crippen molar-refractivity contribution >= 4 is 21.6 Å². The fourth-order valence-electron chi connectivity index (χ4n) is 1.44. The first-order valence-corrected chi connectivity index (χ1v) is 9.04. The fraction of sp³-hybridized carbons (Fsp3) is 0.538. The minimum Gasteiger partial charge on any atom is -0.316 e. The van der Waals surface area contributed by atoms with E-state index in [4.69, 9.17) is 0 Å². The average molecular weight is 287 g/mol. The summed E-state index contributed by atoms with van der Waals surface area (Å²) in [6.07, 6.45) is 0.701. The van der Waals surface area contributed by atoms with Crippen molar-refractivity contribution in [1.82, 2.24) is 5.32 Å². The molecule has 18 heavy (non-hydrogen) atoms. The predicted octanol–water partition coefficient (Wildman–Crippen LogP) is 2.19. The minimum atomic E-state index is -2.80. The lowest BCUT2D eigenvalue weighted by Crippen LogP contribution is -2.21. The molecule has 0 saturated heterocycles. The summed E-state index contributed by atoms with van der Waals surface area (Å²) in [6, 6.07) is 10.3. The van der Waals surface area contributed by atoms with Crippen molar-refractivity contribution in [3.8, 4) is 0 Å². The monoisotopic (exact) mass is 287 g/mol. The Kier molecular flexibility index (Phi) is 7.39. The van der Waals surface area contributed by atoms with E-state index in [1.807, 2.05) is 30.0 Å². The first-order chi connectivity index (χ1) is 8.64. The van der Waals surface area contributed by atoms with E-state index in [0.29, 0.717) is 12.2 Å². The zero-order chi connectivity index (χ0) is 13.3. The van der Waals surface area contributed by atoms with Gasteiger partial charge >= 0.3 is 0 Å². The van der Waals surface area contributed by atoms with E-state index in [2.05, 4.69) is 17.4 Å². The van der Waals surface area contributed by atoms with Crippen LogP contribution in [0.25, 0.3) is 0 Å². The highest BCUT2D eigenvalue weighted by atomic mass is 32.2. The van der Waals surface area contributed by atoms with E-state index in [9.17, 15) is 8.42 Å². The second kappa shape index (κ2) is 8.56. The number of rotatable bonds is 9. The maximum absolute atomic E-state index is 11.2. The molecule has 5 heteroatoms. The highest BCUT2D eigenvalue weighted by Gasteiger charge is 2.05. The number of thioether (sulfide) groups is 1. The summed E-state index contributed by atoms with van der Waals surface area (Å²) in [5.41, 5.74) is 0. The second-order valence-corrected chi connectivity index (χ2v) is 7.64. The number of hydrogen-bond donors (Lipinski definition) is 1. The maximum atomic E-state index is 11.2. The molecule has 1 aromatic carbocycles. The topological polar surface area (TPSA) is 46.2 Å². The standard InChI is InChI=1S/C13H21NO2S2/c1-2-18(15,16)12-6-9-14-10-11-17-13-7-4-3-5-8-13/h3-5,7-8,14H,2,6,9-12H2,1H3. The van der Waals surface area contributed by atoms with Gasteiger partial charge in [0, 0.05) is 22.9 Å². The zero-order valence-corrected chi connectivity index (χ0v) is 12.4. The third-order valence-corrected chi connectivity index (χ3v) is 5.34. The van der Waals surface area contributed by atoms with Crippen LogP contribution >= 0.6 is 11.8 Å². The van der Waals surface area contributed by atoms with Gasteiger partial charge in [-0.2, -0.15) is 0 Å². The second-order valence-electron chi connectivity index (χ2n) is 4.00. The number of hydrogen-bond acceptors (Lipinski definition) is 4. The summed E-state index contributed by atoms with van der Waals surface area (Å²) < 4.78 is 22.5. The van der Waals surface area contributed by atoms with Gasteiger partial charge in [-0.25, -0.2) is 8.42 Å². The predicted molar refractivity (Wildman–Crippen MR) is 79.0 cm³/mol. The van der Waals surface area contributed by atoms with Gasteiger partial charge in [0.05, 0.1) is 5.75 Å². The molecule has 0 heterocycles. The summed E-state index contributed by atoms with van der Waals surface area (Å²) in [4.78, 5) is 1.27. The van der Waals surface area contributed by atoms with Gasteiger partial charge in [-0.3, -0.25) is 0 Å². The molecule has 102 valence electrons. The number of nitrogens with one attached hydrogen (secondary N) is 1. The molecule has 1 rings (SSSR count). The van der Waals surface area contributed by atoms with Crippen LogP contribution in [0, 0.1) is 0 Å². The summed E-state index contributed by atoms with van der Waals surface area (Å²) >= 11 is 1.81. The Morgan fingerprint density at radius 2 is 1.89 bits per heavy atom. The SMILES string of the molecule is CCS(=O)(=O)CCCNCCSc1ccccc1. The van der Waals surface area contributed by atoms with Crippen LogP contribution in [0.4, 0.5) is 0 Å². The van der Waals surface area contributed by atoms with E-state index in [1.165, 1.54) is 4.90 Å². The van der Waals surface area contributed by atoms with E-state index >= 15 is 0 Å². The summed E-state index contributed by atoms with van der Waals surface area (Å²) in [5, 5.41) is 3.27. The normalized spacial score (nSPS) is 11.6. The first-order valence-electron chi connectivity index (χ1n) is 6.23. The zero-order valence-electron chi connectivity index (χ0n) is 10.8. The van der Waals surface area contributed by atoms with Gasteiger partial charge in [-0.05, 0) is 25.1 Å². The van der Waals surface area contributed by atoms with Crippen molar-refractivity contribution in [2.75, 3.05) is 30.3 Å². The lowest BCUT2D eigenvalue weighted by atomic mass is 10.4. The van der Waals surface area contributed by atoms with E-state index in [1.54, 1.807) is 6.92 Å². The maximum Gasteiger partial charge on any atom is 0.150 e. The lowest BCUT2D eigenvalue weighted by Gasteiger charge is -2.05. The smallest absolute Gasteiger partial charge is 0.150 e. The Labute approximate surface area is 114 Å². The van der Waals surface area contributed by atoms with Crippen LogP contribution < -0.4 is 5.32 Å². The van der Waals surface area contributed by atoms with Crippen molar-refractivity contribution in [3.05, 3.63) is 30.3 Å². The van der Waals surface area contributed by atoms with Gasteiger partial charge in [0.1, 0.15) is 9.84 Å². The van der Waals surface area contributed by atoms with Crippen LogP contribution in [-0.2, 0) is 9.84 Å². The van der Waals surface area contributed by atoms with Crippen LogP contribution in [0.5, 0.6) is 0 Å². The fourth-order valence-corrected chi connectivity index (χ4v) is 3.15. The molecule has 0 aliphatic rings. The van der Waals surface area contributed by atoms with E-state index in [-0.39, 0.29) is 5.75 Å². The van der Waals surface area contributed by atoms with Crippen LogP contribution in [0.2, 0.25) is 0 Å². The molecule has 1 aromatic rings. The van der Waals surface area contributed by atoms with Crippen LogP contribution in [-0.4, -0.2) is 38.8 Å². The van der Waals surface area contributed by atoms with Crippen molar-refractivity contribution in [3.63, 3.8) is 0 Å². The number of benzene rings is 1. The van der Waals surface area contributed by atoms with Crippen LogP contribution in [0.3, 0.4) is 0 Å². The highest BCUT2D eigenvalue weighted by molar-refractivity contribution is 7.99. The molecular formula is C13H21NO2S2. The minimum absolute atomic E-state index is 0.247. The molecule has 0 atom stereocenters. The lowest BCUT2D eigenvalue weighted by molar-refractivity contribution is 0.591. The van der Waals surface area contributed by atoms with Crippen molar-refractivity contribution in [1.29, 1.82) is 0 Å². The molecule has 0 aromatic heterocycles. The van der Waals surface area contributed by atoms with Crippen molar-refractivity contribution in [2.45, 2.75) is 18.2 Å². The molecule has 0 aliphatic heterocycles. The van der Waals surface area contributed by atoms with Crippen LogP contribution in [0.15, 0.2) is 35.2 Å². The Bertz CT molecular complexity index is 418. The summed E-state index contributed by atoms with van der Waals surface area (Å²) in [7, 11) is -2.80. The third kappa shape index (κ3) is 7.03. The Morgan fingerprint density at radius 1 is 1.17 bits per heavy atom. The first kappa shape index (κ1) is 15.5. The molecule has 0 aliphatic carbocycles. The molecular weight excluding hydrogens is 266 g/mol. The third-order valence-electron chi connectivity index (χ3n) is 2.54. The molecule has 0 fully saturated rings. The van der Waals surface area contributed by atoms with Gasteiger partial charge in [0.15, 0.2) is 0 Å². The van der Waals surface area contributed by atoms with Gasteiger partial charge in [-0.1, -0.05) is 25.1 Å². The molecule has 0 spiro atoms. The molecule has 0 radical (unpaired) electrons. The largest absolute Gasteiger partial charge is 0.316 e. The van der Waals surface area contributed by atoms with Gasteiger partial charge in [0.25, 0.3) is 0 Å². The van der Waals surface area contributed by atoms with Gasteiger partial charge in [0.2, 0.25) is 0 Å². The Balaban J connectivity index is 2.00. The quantitative estimate of drug-likeness (QED) is 0.559. The van der Waals surface area contributed by atoms with Gasteiger partial charge in [-0.15, -0.1) is 11.8 Å². The molecule has 0 amide bonds. The van der Waals surface area contributed by atoms with Crippen LogP contribution in [0.1, 0.15) is 13.3 Å². The average Bonchev–Trinajstić information content (AvgIpc) is 2.39. The molecule has 0 saturated carbocycles. The van der Waals surface area contributed by atoms with E-state index in [0.717, 1.165) is 18.8 Å². The Hall–Kier alpha value is -0.520. The van der Waals surface area contributed by atoms with Gasteiger partial charge < -0.3 is 5.32 Å².